The summed E-state index contributed by atoms with van der Waals surface area (Å²) in [6.07, 6.45) is 1.84. The molecule has 0 saturated carbocycles. The number of rotatable bonds is 3. The lowest BCUT2D eigenvalue weighted by Crippen LogP contribution is -2.44. The van der Waals surface area contributed by atoms with E-state index in [2.05, 4.69) is 6.07 Å². The van der Waals surface area contributed by atoms with Crippen LogP contribution in [0.15, 0.2) is 47.4 Å². The van der Waals surface area contributed by atoms with Crippen molar-refractivity contribution in [3.05, 3.63) is 48.0 Å². The molecule has 2 aromatic rings. The van der Waals surface area contributed by atoms with Crippen LogP contribution in [0.5, 0.6) is 5.75 Å². The topological polar surface area (TPSA) is 87.2 Å². The Balaban J connectivity index is 1.30. The number of sulfonamides is 1. The quantitative estimate of drug-likeness (QED) is 0.689. The van der Waals surface area contributed by atoms with Gasteiger partial charge in [-0.2, -0.15) is 4.31 Å². The molecule has 1 saturated heterocycles. The molecule has 0 radical (unpaired) electrons. The minimum atomic E-state index is -3.75. The van der Waals surface area contributed by atoms with E-state index in [0.717, 1.165) is 12.1 Å². The molecule has 3 aliphatic heterocycles. The molecule has 2 aromatic carbocycles. The van der Waals surface area contributed by atoms with E-state index < -0.39 is 10.0 Å². The summed E-state index contributed by atoms with van der Waals surface area (Å²) in [6.45, 7) is 3.48. The third-order valence-electron chi connectivity index (χ3n) is 6.77. The Morgan fingerprint density at radius 1 is 0.939 bits per heavy atom. The van der Waals surface area contributed by atoms with Crippen LogP contribution in [0.3, 0.4) is 0 Å². The first-order valence-corrected chi connectivity index (χ1v) is 12.7. The molecule has 0 unspecified atom stereocenters. The normalized spacial score (nSPS) is 19.1. The second-order valence-corrected chi connectivity index (χ2v) is 10.6. The average Bonchev–Trinajstić information content (AvgIpc) is 3.27. The molecule has 0 N–H and O–H groups in total. The van der Waals surface area contributed by atoms with E-state index in [4.69, 9.17) is 4.74 Å². The van der Waals surface area contributed by atoms with E-state index in [-0.39, 0.29) is 35.7 Å². The number of fused-ring (bicyclic) bond motifs is 2. The maximum absolute atomic E-state index is 13.3. The number of carbonyl (C=O) groups excluding carboxylic acids is 2. The highest BCUT2D eigenvalue weighted by atomic mass is 32.2. The zero-order chi connectivity index (χ0) is 23.2. The highest BCUT2D eigenvalue weighted by Crippen LogP contribution is 2.36. The van der Waals surface area contributed by atoms with Gasteiger partial charge in [-0.1, -0.05) is 18.2 Å². The van der Waals surface area contributed by atoms with Crippen molar-refractivity contribution in [3.8, 4) is 5.75 Å². The Bertz CT molecular complexity index is 1200. The minimum Gasteiger partial charge on any atom is -0.490 e. The van der Waals surface area contributed by atoms with Crippen LogP contribution in [0.2, 0.25) is 0 Å². The second-order valence-electron chi connectivity index (χ2n) is 8.70. The molecule has 8 nitrogen and oxygen atoms in total. The number of para-hydroxylation sites is 1. The van der Waals surface area contributed by atoms with Gasteiger partial charge >= 0.3 is 0 Å². The van der Waals surface area contributed by atoms with Crippen molar-refractivity contribution in [1.82, 2.24) is 4.31 Å². The predicted octanol–water partition coefficient (Wildman–Crippen LogP) is 2.42. The van der Waals surface area contributed by atoms with Gasteiger partial charge in [0.15, 0.2) is 0 Å². The molecule has 0 aromatic heterocycles. The first kappa shape index (κ1) is 21.9. The minimum absolute atomic E-state index is 0.0834. The van der Waals surface area contributed by atoms with Gasteiger partial charge in [-0.05, 0) is 49.1 Å². The van der Waals surface area contributed by atoms with Crippen molar-refractivity contribution >= 4 is 33.2 Å². The van der Waals surface area contributed by atoms with Crippen LogP contribution in [0.1, 0.15) is 25.3 Å². The first-order valence-electron chi connectivity index (χ1n) is 11.3. The zero-order valence-electron chi connectivity index (χ0n) is 18.6. The summed E-state index contributed by atoms with van der Waals surface area (Å²) in [6, 6.07) is 12.6. The van der Waals surface area contributed by atoms with Crippen LogP contribution in [0, 0.1) is 5.92 Å². The van der Waals surface area contributed by atoms with Crippen molar-refractivity contribution < 1.29 is 22.7 Å². The zero-order valence-corrected chi connectivity index (χ0v) is 19.4. The number of amides is 2. The lowest BCUT2D eigenvalue weighted by atomic mass is 9.96. The molecule has 3 aliphatic rings. The molecule has 0 aliphatic carbocycles. The first-order chi connectivity index (χ1) is 15.9. The van der Waals surface area contributed by atoms with Gasteiger partial charge in [0.2, 0.25) is 21.8 Å². The van der Waals surface area contributed by atoms with Crippen molar-refractivity contribution in [2.45, 2.75) is 31.1 Å². The fourth-order valence-electron chi connectivity index (χ4n) is 4.96. The third kappa shape index (κ3) is 3.89. The number of piperidine rings is 1. The summed E-state index contributed by atoms with van der Waals surface area (Å²) in [5.74, 6) is 0.246. The van der Waals surface area contributed by atoms with Crippen LogP contribution < -0.4 is 14.5 Å². The molecule has 1 fully saturated rings. The molecular formula is C24H27N3O5S. The summed E-state index contributed by atoms with van der Waals surface area (Å²) in [5.41, 5.74) is 2.64. The molecule has 3 heterocycles. The molecule has 174 valence electrons. The van der Waals surface area contributed by atoms with Crippen LogP contribution in [-0.2, 0) is 26.0 Å². The Labute approximate surface area is 193 Å². The number of carbonyl (C=O) groups is 2. The lowest BCUT2D eigenvalue weighted by Gasteiger charge is -2.33. The molecule has 5 rings (SSSR count). The van der Waals surface area contributed by atoms with Crippen LogP contribution in [0.4, 0.5) is 11.4 Å². The lowest BCUT2D eigenvalue weighted by molar-refractivity contribution is -0.123. The van der Waals surface area contributed by atoms with E-state index in [9.17, 15) is 18.0 Å². The Morgan fingerprint density at radius 2 is 1.70 bits per heavy atom. The number of ether oxygens (including phenoxy) is 1. The Kier molecular flexibility index (Phi) is 5.62. The number of anilines is 2. The fourth-order valence-corrected chi connectivity index (χ4v) is 6.46. The number of benzene rings is 2. The highest BCUT2D eigenvalue weighted by molar-refractivity contribution is 7.89. The van der Waals surface area contributed by atoms with E-state index in [1.54, 1.807) is 6.07 Å². The molecule has 0 atom stereocenters. The van der Waals surface area contributed by atoms with Gasteiger partial charge < -0.3 is 14.5 Å². The summed E-state index contributed by atoms with van der Waals surface area (Å²) < 4.78 is 33.7. The molecular weight excluding hydrogens is 442 g/mol. The van der Waals surface area contributed by atoms with Crippen LogP contribution >= 0.6 is 0 Å². The monoisotopic (exact) mass is 469 g/mol. The van der Waals surface area contributed by atoms with Gasteiger partial charge in [0.1, 0.15) is 12.4 Å². The van der Waals surface area contributed by atoms with E-state index in [0.29, 0.717) is 44.0 Å². The second kappa shape index (κ2) is 8.46. The van der Waals surface area contributed by atoms with E-state index >= 15 is 0 Å². The van der Waals surface area contributed by atoms with Crippen molar-refractivity contribution in [1.29, 1.82) is 0 Å². The maximum atomic E-state index is 13.3. The van der Waals surface area contributed by atoms with Crippen molar-refractivity contribution in [2.24, 2.45) is 5.92 Å². The van der Waals surface area contributed by atoms with Crippen LogP contribution in [0.25, 0.3) is 0 Å². The Morgan fingerprint density at radius 3 is 2.45 bits per heavy atom. The highest BCUT2D eigenvalue weighted by Gasteiger charge is 2.36. The molecule has 33 heavy (non-hydrogen) atoms. The van der Waals surface area contributed by atoms with Crippen molar-refractivity contribution in [2.75, 3.05) is 42.6 Å². The maximum Gasteiger partial charge on any atom is 0.243 e. The van der Waals surface area contributed by atoms with E-state index in [1.165, 1.54) is 33.8 Å². The van der Waals surface area contributed by atoms with Gasteiger partial charge in [0, 0.05) is 38.2 Å². The standard InChI is InChI=1S/C24H27N3O5S/c1-17(28)26-14-15-32-23-7-6-20(16-22(23)26)33(30,31)25-11-8-19(9-12-25)24(29)27-13-10-18-4-2-3-5-21(18)27/h2-7,16,19H,8-15H2,1H3. The number of hydrogen-bond donors (Lipinski definition) is 0. The summed E-state index contributed by atoms with van der Waals surface area (Å²) in [5, 5.41) is 0. The van der Waals surface area contributed by atoms with Gasteiger partial charge in [0.05, 0.1) is 17.1 Å². The van der Waals surface area contributed by atoms with Crippen LogP contribution in [-0.4, -0.2) is 57.3 Å². The molecule has 2 amide bonds. The average molecular weight is 470 g/mol. The summed E-state index contributed by atoms with van der Waals surface area (Å²) in [4.78, 5) is 28.7. The van der Waals surface area contributed by atoms with Gasteiger partial charge in [-0.3, -0.25) is 9.59 Å². The Hall–Kier alpha value is -2.91. The largest absolute Gasteiger partial charge is 0.490 e. The third-order valence-corrected chi connectivity index (χ3v) is 8.66. The molecule has 0 bridgehead atoms. The molecule has 0 spiro atoms. The summed E-state index contributed by atoms with van der Waals surface area (Å²) >= 11 is 0. The van der Waals surface area contributed by atoms with Gasteiger partial charge in [-0.25, -0.2) is 8.42 Å². The van der Waals surface area contributed by atoms with Crippen molar-refractivity contribution in [3.63, 3.8) is 0 Å². The van der Waals surface area contributed by atoms with Gasteiger partial charge in [0.25, 0.3) is 0 Å². The van der Waals surface area contributed by atoms with Gasteiger partial charge in [-0.15, -0.1) is 0 Å². The number of hydrogen-bond acceptors (Lipinski definition) is 5. The fraction of sp³-hybridized carbons (Fsp3) is 0.417. The predicted molar refractivity (Wildman–Crippen MR) is 124 cm³/mol. The van der Waals surface area contributed by atoms with E-state index in [1.807, 2.05) is 23.1 Å². The smallest absolute Gasteiger partial charge is 0.243 e. The SMILES string of the molecule is CC(=O)N1CCOc2ccc(S(=O)(=O)N3CCC(C(=O)N4CCc5ccccc54)CC3)cc21. The number of nitrogens with zero attached hydrogens (tertiary/aromatic N) is 3. The summed E-state index contributed by atoms with van der Waals surface area (Å²) in [7, 11) is -3.75. The molecule has 9 heteroatoms.